The molecule has 0 radical (unpaired) electrons. The van der Waals surface area contributed by atoms with Gasteiger partial charge in [0.1, 0.15) is 11.9 Å². The number of anilines is 1. The molecule has 0 unspecified atom stereocenters. The molecule has 0 saturated heterocycles. The van der Waals surface area contributed by atoms with E-state index in [4.69, 9.17) is 16.3 Å². The summed E-state index contributed by atoms with van der Waals surface area (Å²) in [5.41, 5.74) is 1.18. The summed E-state index contributed by atoms with van der Waals surface area (Å²) in [6.07, 6.45) is 4.40. The van der Waals surface area contributed by atoms with Crippen molar-refractivity contribution in [1.82, 2.24) is 9.21 Å². The largest absolute Gasteiger partial charge is 0.488 e. The van der Waals surface area contributed by atoms with Crippen LogP contribution in [0, 0.1) is 11.8 Å². The van der Waals surface area contributed by atoms with Crippen molar-refractivity contribution in [3.63, 3.8) is 0 Å². The smallest absolute Gasteiger partial charge is 0.242 e. The first-order chi connectivity index (χ1) is 19.5. The molecule has 2 aromatic rings. The maximum Gasteiger partial charge on any atom is 0.242 e. The van der Waals surface area contributed by atoms with Gasteiger partial charge in [0.05, 0.1) is 30.5 Å². The summed E-state index contributed by atoms with van der Waals surface area (Å²) in [5, 5.41) is 13.3. The lowest BCUT2D eigenvalue weighted by Gasteiger charge is -2.33. The minimum absolute atomic E-state index is 0.0175. The summed E-state index contributed by atoms with van der Waals surface area (Å²) < 4.78 is 34.4. The molecule has 0 spiro atoms. The zero-order valence-electron chi connectivity index (χ0n) is 23.9. The third-order valence-electron chi connectivity index (χ3n) is 8.12. The lowest BCUT2D eigenvalue weighted by Crippen LogP contribution is -2.48. The molecule has 2 aliphatic rings. The summed E-state index contributed by atoms with van der Waals surface area (Å²) in [4.78, 5) is 28.1. The van der Waals surface area contributed by atoms with Gasteiger partial charge in [0, 0.05) is 41.7 Å². The van der Waals surface area contributed by atoms with E-state index in [9.17, 15) is 23.1 Å². The number of benzene rings is 2. The van der Waals surface area contributed by atoms with Crippen molar-refractivity contribution >= 4 is 39.1 Å². The third kappa shape index (κ3) is 7.60. The second-order valence-electron chi connectivity index (χ2n) is 11.3. The van der Waals surface area contributed by atoms with Gasteiger partial charge in [-0.1, -0.05) is 37.8 Å². The Balaban J connectivity index is 1.62. The summed E-state index contributed by atoms with van der Waals surface area (Å²) in [6.45, 7) is 3.78. The fourth-order valence-corrected chi connectivity index (χ4v) is 6.78. The normalized spacial score (nSPS) is 21.3. The van der Waals surface area contributed by atoms with E-state index >= 15 is 0 Å². The maximum absolute atomic E-state index is 13.5. The Bertz CT molecular complexity index is 1330. The van der Waals surface area contributed by atoms with Gasteiger partial charge in [-0.2, -0.15) is 4.31 Å². The molecule has 11 heteroatoms. The number of rotatable bonds is 8. The molecule has 9 nitrogen and oxygen atoms in total. The van der Waals surface area contributed by atoms with Gasteiger partial charge in [-0.3, -0.25) is 9.59 Å². The van der Waals surface area contributed by atoms with Crippen LogP contribution in [0.4, 0.5) is 5.69 Å². The molecule has 1 aliphatic carbocycles. The van der Waals surface area contributed by atoms with Gasteiger partial charge in [-0.25, -0.2) is 8.42 Å². The predicted octanol–water partition coefficient (Wildman–Crippen LogP) is 4.33. The minimum atomic E-state index is -3.84. The highest BCUT2D eigenvalue weighted by molar-refractivity contribution is 7.89. The van der Waals surface area contributed by atoms with Crippen LogP contribution in [0.1, 0.15) is 51.5 Å². The van der Waals surface area contributed by atoms with E-state index in [1.54, 1.807) is 30.0 Å². The molecule has 3 atom stereocenters. The van der Waals surface area contributed by atoms with E-state index in [-0.39, 0.29) is 54.7 Å². The zero-order chi connectivity index (χ0) is 29.7. The van der Waals surface area contributed by atoms with Crippen molar-refractivity contribution in [2.75, 3.05) is 32.1 Å². The lowest BCUT2D eigenvalue weighted by molar-refractivity contribution is -0.134. The Labute approximate surface area is 247 Å². The molecule has 2 N–H and O–H groups in total. The SMILES string of the molecule is C[C@@H]1CN([C@@H](C)CO)C(=O)Cc2cc(NC(=O)C3CCCCC3)ccc2O[C@H]1CN(C)S(=O)(=O)c1ccc(Cl)cc1. The van der Waals surface area contributed by atoms with Crippen LogP contribution < -0.4 is 10.1 Å². The first-order valence-electron chi connectivity index (χ1n) is 14.2. The topological polar surface area (TPSA) is 116 Å². The molecule has 2 amide bonds. The quantitative estimate of drug-likeness (QED) is 0.463. The second kappa shape index (κ2) is 13.5. The van der Waals surface area contributed by atoms with E-state index in [2.05, 4.69) is 5.32 Å². The van der Waals surface area contributed by atoms with Crippen LogP contribution in [-0.4, -0.2) is 73.4 Å². The fraction of sp³-hybridized carbons (Fsp3) is 0.533. The molecule has 0 aromatic heterocycles. The average Bonchev–Trinajstić information content (AvgIpc) is 3.00. The van der Waals surface area contributed by atoms with Crippen LogP contribution in [0.15, 0.2) is 47.4 Å². The van der Waals surface area contributed by atoms with Gasteiger partial charge >= 0.3 is 0 Å². The van der Waals surface area contributed by atoms with Gasteiger partial charge < -0.3 is 20.1 Å². The summed E-state index contributed by atoms with van der Waals surface area (Å²) in [5.74, 6) is -0.0250. The number of nitrogens with one attached hydrogen (secondary N) is 1. The number of likely N-dealkylation sites (N-methyl/N-ethyl adjacent to an activating group) is 1. The number of carbonyl (C=O) groups is 2. The molecule has 224 valence electrons. The number of carbonyl (C=O) groups excluding carboxylic acids is 2. The minimum Gasteiger partial charge on any atom is -0.488 e. The molecule has 1 aliphatic heterocycles. The monoisotopic (exact) mass is 605 g/mol. The molecular formula is C30H40ClN3O6S. The number of amides is 2. The van der Waals surface area contributed by atoms with Crippen LogP contribution in [0.2, 0.25) is 5.02 Å². The molecule has 1 fully saturated rings. The van der Waals surface area contributed by atoms with Crippen molar-refractivity contribution in [2.24, 2.45) is 11.8 Å². The molecule has 1 saturated carbocycles. The number of aliphatic hydroxyl groups is 1. The van der Waals surface area contributed by atoms with E-state index in [0.717, 1.165) is 32.1 Å². The molecule has 2 aromatic carbocycles. The summed E-state index contributed by atoms with van der Waals surface area (Å²) in [7, 11) is -2.34. The Morgan fingerprint density at radius 2 is 1.85 bits per heavy atom. The van der Waals surface area contributed by atoms with Gasteiger partial charge in [-0.05, 0) is 62.2 Å². The highest BCUT2D eigenvalue weighted by atomic mass is 35.5. The summed E-state index contributed by atoms with van der Waals surface area (Å²) >= 11 is 5.95. The predicted molar refractivity (Wildman–Crippen MR) is 158 cm³/mol. The molecule has 4 rings (SSSR count). The van der Waals surface area contributed by atoms with Crippen molar-refractivity contribution in [3.8, 4) is 5.75 Å². The Hall–Kier alpha value is -2.66. The van der Waals surface area contributed by atoms with Gasteiger partial charge in [0.2, 0.25) is 21.8 Å². The Morgan fingerprint density at radius 1 is 1.17 bits per heavy atom. The highest BCUT2D eigenvalue weighted by Crippen LogP contribution is 2.31. The van der Waals surface area contributed by atoms with Gasteiger partial charge in [-0.15, -0.1) is 0 Å². The average molecular weight is 606 g/mol. The van der Waals surface area contributed by atoms with Crippen molar-refractivity contribution < 1.29 is 27.9 Å². The molecule has 1 heterocycles. The standard InChI is InChI=1S/C30H40ClN3O6S/c1-20-17-34(21(2)19-35)29(36)16-23-15-25(32-30(37)22-7-5-4-6-8-22)11-14-27(23)40-28(20)18-33(3)41(38,39)26-12-9-24(31)10-13-26/h9-15,20-22,28,35H,4-8,16-19H2,1-3H3,(H,32,37)/t20-,21+,28+/m1/s1. The number of fused-ring (bicyclic) bond motifs is 1. The highest BCUT2D eigenvalue weighted by Gasteiger charge is 2.33. The number of sulfonamides is 1. The van der Waals surface area contributed by atoms with Crippen LogP contribution in [0.3, 0.4) is 0 Å². The molecule has 41 heavy (non-hydrogen) atoms. The number of hydrogen-bond donors (Lipinski definition) is 2. The van der Waals surface area contributed by atoms with Crippen LogP contribution in [0.5, 0.6) is 5.75 Å². The molecule has 0 bridgehead atoms. The Morgan fingerprint density at radius 3 is 2.51 bits per heavy atom. The van der Waals surface area contributed by atoms with E-state index in [1.165, 1.54) is 35.6 Å². The summed E-state index contributed by atoms with van der Waals surface area (Å²) in [6, 6.07) is 10.8. The second-order valence-corrected chi connectivity index (χ2v) is 13.8. The lowest BCUT2D eigenvalue weighted by atomic mass is 9.88. The first kappa shape index (κ1) is 31.3. The van der Waals surface area contributed by atoms with E-state index < -0.39 is 22.2 Å². The van der Waals surface area contributed by atoms with E-state index in [1.807, 2.05) is 6.92 Å². The van der Waals surface area contributed by atoms with Gasteiger partial charge in [0.15, 0.2) is 0 Å². The number of hydrogen-bond acceptors (Lipinski definition) is 6. The maximum atomic E-state index is 13.5. The fourth-order valence-electron chi connectivity index (χ4n) is 5.47. The number of ether oxygens (including phenoxy) is 1. The van der Waals surface area contributed by atoms with Gasteiger partial charge in [0.25, 0.3) is 0 Å². The van der Waals surface area contributed by atoms with Crippen LogP contribution in [0.25, 0.3) is 0 Å². The van der Waals surface area contributed by atoms with Crippen molar-refractivity contribution in [2.45, 2.75) is 69.4 Å². The zero-order valence-corrected chi connectivity index (χ0v) is 25.5. The van der Waals surface area contributed by atoms with E-state index in [0.29, 0.717) is 22.0 Å². The first-order valence-corrected chi connectivity index (χ1v) is 16.0. The third-order valence-corrected chi connectivity index (χ3v) is 10.2. The van der Waals surface area contributed by atoms with Crippen LogP contribution >= 0.6 is 11.6 Å². The van der Waals surface area contributed by atoms with Crippen LogP contribution in [-0.2, 0) is 26.0 Å². The number of nitrogens with zero attached hydrogens (tertiary/aromatic N) is 2. The molecular weight excluding hydrogens is 566 g/mol. The number of aliphatic hydroxyl groups excluding tert-OH is 1. The van der Waals surface area contributed by atoms with Crippen molar-refractivity contribution in [1.29, 1.82) is 0 Å². The Kier molecular flexibility index (Phi) is 10.3. The van der Waals surface area contributed by atoms with Crippen molar-refractivity contribution in [3.05, 3.63) is 53.1 Å². The number of halogens is 1.